The van der Waals surface area contributed by atoms with Crippen molar-refractivity contribution in [1.29, 1.82) is 0 Å². The van der Waals surface area contributed by atoms with Gasteiger partial charge in [-0.15, -0.1) is 0 Å². The predicted octanol–water partition coefficient (Wildman–Crippen LogP) is 11.9. The van der Waals surface area contributed by atoms with Crippen LogP contribution in [-0.2, 0) is 9.59 Å². The van der Waals surface area contributed by atoms with Crippen molar-refractivity contribution in [2.24, 2.45) is 0 Å². The van der Waals surface area contributed by atoms with E-state index in [2.05, 4.69) is 0 Å². The van der Waals surface area contributed by atoms with Crippen molar-refractivity contribution in [2.75, 3.05) is 0 Å². The largest absolute Gasteiger partial charge is 0.477 e. The molecule has 0 spiro atoms. The van der Waals surface area contributed by atoms with Crippen LogP contribution in [0.5, 0.6) is 0 Å². The molecule has 0 aromatic heterocycles. The average molecular weight is 1090 g/mol. The van der Waals surface area contributed by atoms with Crippen LogP contribution >= 0.6 is 0 Å². The highest BCUT2D eigenvalue weighted by Crippen LogP contribution is 2.71. The second kappa shape index (κ2) is 14.8. The number of hydrogen-bond donors (Lipinski definition) is 2. The van der Waals surface area contributed by atoms with Crippen molar-refractivity contribution in [1.82, 2.24) is 0 Å². The maximum atomic E-state index is 14.0. The van der Waals surface area contributed by atoms with Gasteiger partial charge in [-0.25, -0.2) is 9.59 Å². The van der Waals surface area contributed by atoms with Crippen LogP contribution in [0.1, 0.15) is 0 Å². The van der Waals surface area contributed by atoms with Gasteiger partial charge in [-0.1, -0.05) is 0 Å². The van der Waals surface area contributed by atoms with Crippen LogP contribution in [0.4, 0.5) is 176 Å². The van der Waals surface area contributed by atoms with E-state index in [1.54, 1.807) is 0 Å². The lowest BCUT2D eigenvalue weighted by molar-refractivity contribution is -0.494. The molecule has 0 saturated carbocycles. The minimum Gasteiger partial charge on any atom is -0.477 e. The minimum atomic E-state index is -10.7. The molecule has 0 aromatic rings. The average Bonchev–Trinajstić information content (AvgIpc) is 3.09. The molecular formula is C22H2F40O4. The van der Waals surface area contributed by atoms with Crippen molar-refractivity contribution in [3.05, 3.63) is 0 Å². The maximum Gasteiger partial charge on any atom is 0.410 e. The van der Waals surface area contributed by atoms with E-state index in [0.29, 0.717) is 0 Å². The Kier molecular flexibility index (Phi) is 14.0. The summed E-state index contributed by atoms with van der Waals surface area (Å²) in [5.74, 6) is -209. The second-order valence-electron chi connectivity index (χ2n) is 12.1. The fraction of sp³-hybridized carbons (Fsp3) is 0.909. The molecule has 0 amide bonds. The molecule has 0 atom stereocenters. The number of carbonyl (C=O) groups is 2. The Morgan fingerprint density at radius 1 is 0.167 bits per heavy atom. The molecule has 0 fully saturated rings. The molecule has 0 saturated heterocycles. The van der Waals surface area contributed by atoms with E-state index in [-0.39, 0.29) is 0 Å². The van der Waals surface area contributed by atoms with Crippen LogP contribution < -0.4 is 0 Å². The second-order valence-corrected chi connectivity index (χ2v) is 12.1. The number of alkyl halides is 40. The van der Waals surface area contributed by atoms with Gasteiger partial charge in [0.25, 0.3) is 0 Å². The predicted molar refractivity (Wildman–Crippen MR) is 114 cm³/mol. The molecule has 0 aromatic carbocycles. The molecule has 0 aliphatic rings. The Balaban J connectivity index is 8.06. The van der Waals surface area contributed by atoms with Gasteiger partial charge in [0, 0.05) is 0 Å². The third-order valence-corrected chi connectivity index (χ3v) is 8.03. The van der Waals surface area contributed by atoms with Gasteiger partial charge in [0.1, 0.15) is 0 Å². The van der Waals surface area contributed by atoms with Crippen LogP contribution in [0.3, 0.4) is 0 Å². The monoisotopic (exact) mass is 1090 g/mol. The highest BCUT2D eigenvalue weighted by atomic mass is 19.4. The maximum absolute atomic E-state index is 14.0. The van der Waals surface area contributed by atoms with Crippen LogP contribution in [0, 0.1) is 0 Å². The summed E-state index contributed by atoms with van der Waals surface area (Å²) >= 11 is 0. The van der Waals surface area contributed by atoms with E-state index in [1.807, 2.05) is 0 Å². The molecule has 0 heterocycles. The SMILES string of the molecule is O=C(O)C(F)(F)C(F)(F)C(F)(F)C(F)(F)C(F)(F)C(F)(F)C(F)(F)C(F)(F)C(F)(F)C(F)(F)C(F)(F)C(F)(F)C(F)(F)C(F)(F)C(F)(F)C(F)(F)C(F)(F)C(F)(F)C(F)(F)C(F)(F)C(=O)O. The standard InChI is InChI=1S/C22H2F40O4/c23-3(24,1(63)64)5(27,28)7(31,32)9(35,36)11(39,40)13(43,44)15(47,48)17(51,52)19(55,56)21(59,60)22(61,62)20(57,58)18(53,54)16(49,50)14(45,46)12(41,42)10(37,38)8(33,34)6(29,30)4(25,26)2(65)66/h(H,63,64)(H,65,66). The molecule has 0 aliphatic carbocycles. The summed E-state index contributed by atoms with van der Waals surface area (Å²) in [6.45, 7) is 0. The molecule has 2 N–H and O–H groups in total. The van der Waals surface area contributed by atoms with Gasteiger partial charge in [-0.05, 0) is 0 Å². The minimum absolute atomic E-state index is 4.96. The molecule has 0 aliphatic heterocycles. The lowest BCUT2D eigenvalue weighted by Crippen LogP contribution is -2.80. The van der Waals surface area contributed by atoms with Gasteiger partial charge < -0.3 is 10.2 Å². The smallest absolute Gasteiger partial charge is 0.410 e. The van der Waals surface area contributed by atoms with Gasteiger partial charge in [0.05, 0.1) is 0 Å². The Labute approximate surface area is 327 Å². The van der Waals surface area contributed by atoms with Crippen molar-refractivity contribution in [2.45, 2.75) is 118 Å². The summed E-state index contributed by atoms with van der Waals surface area (Å²) in [6, 6.07) is 0. The van der Waals surface area contributed by atoms with E-state index in [9.17, 15) is 185 Å². The van der Waals surface area contributed by atoms with Crippen molar-refractivity contribution in [3.8, 4) is 0 Å². The highest BCUT2D eigenvalue weighted by molar-refractivity contribution is 5.77. The van der Waals surface area contributed by atoms with E-state index >= 15 is 0 Å². The summed E-state index contributed by atoms with van der Waals surface area (Å²) in [5.41, 5.74) is 0. The molecule has 0 unspecified atom stereocenters. The first-order valence-corrected chi connectivity index (χ1v) is 13.7. The number of carboxylic acid groups (broad SMARTS) is 2. The van der Waals surface area contributed by atoms with E-state index < -0.39 is 130 Å². The first-order valence-electron chi connectivity index (χ1n) is 13.7. The zero-order valence-corrected chi connectivity index (χ0v) is 27.8. The number of aliphatic carboxylic acids is 2. The molecule has 0 radical (unpaired) electrons. The zero-order chi connectivity index (χ0) is 55.2. The number of halogens is 40. The summed E-state index contributed by atoms with van der Waals surface area (Å²) < 4.78 is 548. The van der Waals surface area contributed by atoms with Crippen LogP contribution in [-0.4, -0.2) is 141 Å². The molecule has 66 heavy (non-hydrogen) atoms. The van der Waals surface area contributed by atoms with Crippen LogP contribution in [0.25, 0.3) is 0 Å². The summed E-state index contributed by atoms with van der Waals surface area (Å²) in [4.78, 5) is 20.0. The molecule has 394 valence electrons. The van der Waals surface area contributed by atoms with E-state index in [1.165, 1.54) is 0 Å². The normalized spacial score (nSPS) is 17.0. The van der Waals surface area contributed by atoms with Gasteiger partial charge in [-0.3, -0.25) is 0 Å². The molecule has 0 rings (SSSR count). The fourth-order valence-corrected chi connectivity index (χ4v) is 3.82. The van der Waals surface area contributed by atoms with Gasteiger partial charge in [0.15, 0.2) is 0 Å². The lowest BCUT2D eigenvalue weighted by atomic mass is 9.81. The number of rotatable bonds is 21. The van der Waals surface area contributed by atoms with Crippen molar-refractivity contribution < 1.29 is 195 Å². The summed E-state index contributed by atoms with van der Waals surface area (Å²) in [6.07, 6.45) is 0. The van der Waals surface area contributed by atoms with Crippen molar-refractivity contribution >= 4 is 11.9 Å². The van der Waals surface area contributed by atoms with Crippen LogP contribution in [0.15, 0.2) is 0 Å². The lowest BCUT2D eigenvalue weighted by Gasteiger charge is -2.47. The Morgan fingerprint density at radius 3 is 0.288 bits per heavy atom. The van der Waals surface area contributed by atoms with Gasteiger partial charge in [-0.2, -0.15) is 176 Å². The first-order chi connectivity index (χ1) is 27.6. The van der Waals surface area contributed by atoms with E-state index in [0.717, 1.165) is 0 Å². The van der Waals surface area contributed by atoms with Gasteiger partial charge >= 0.3 is 130 Å². The first kappa shape index (κ1) is 62.1. The fourth-order valence-electron chi connectivity index (χ4n) is 3.82. The third kappa shape index (κ3) is 6.55. The Hall–Kier alpha value is -3.86. The third-order valence-electron chi connectivity index (χ3n) is 8.03. The zero-order valence-electron chi connectivity index (χ0n) is 27.8. The quantitative estimate of drug-likeness (QED) is 0.112. The van der Waals surface area contributed by atoms with Crippen LogP contribution in [0.2, 0.25) is 0 Å². The highest BCUT2D eigenvalue weighted by Gasteiger charge is 3.03. The summed E-state index contributed by atoms with van der Waals surface area (Å²) in [7, 11) is 0. The number of carboxylic acids is 2. The summed E-state index contributed by atoms with van der Waals surface area (Å²) in [5, 5.41) is 15.4. The van der Waals surface area contributed by atoms with Gasteiger partial charge in [0.2, 0.25) is 0 Å². The topological polar surface area (TPSA) is 74.6 Å². The Morgan fingerprint density at radius 2 is 0.227 bits per heavy atom. The Bertz CT molecular complexity index is 1720. The molecular weight excluding hydrogens is 1090 g/mol. The van der Waals surface area contributed by atoms with Crippen molar-refractivity contribution in [3.63, 3.8) is 0 Å². The molecule has 44 heteroatoms. The molecule has 4 nitrogen and oxygen atoms in total. The molecule has 0 bridgehead atoms. The number of hydrogen-bond acceptors (Lipinski definition) is 2. The van der Waals surface area contributed by atoms with E-state index in [4.69, 9.17) is 10.2 Å².